The predicted molar refractivity (Wildman–Crippen MR) is 85.5 cm³/mol. The molecule has 0 aliphatic rings. The Morgan fingerprint density at radius 1 is 1.20 bits per heavy atom. The van der Waals surface area contributed by atoms with Gasteiger partial charge >= 0.3 is 0 Å². The summed E-state index contributed by atoms with van der Waals surface area (Å²) in [5.74, 6) is -0.0390. The average molecular weight is 304 g/mol. The van der Waals surface area contributed by atoms with Crippen molar-refractivity contribution in [2.45, 2.75) is 29.9 Å². The summed E-state index contributed by atoms with van der Waals surface area (Å²) in [5.41, 5.74) is 1.24. The van der Waals surface area contributed by atoms with E-state index < -0.39 is 0 Å². The molecule has 0 bridgehead atoms. The molecule has 0 amide bonds. The van der Waals surface area contributed by atoms with Crippen molar-refractivity contribution in [1.29, 1.82) is 0 Å². The van der Waals surface area contributed by atoms with E-state index >= 15 is 0 Å². The maximum atomic E-state index is 11.8. The van der Waals surface area contributed by atoms with Crippen molar-refractivity contribution >= 4 is 34.5 Å². The zero-order chi connectivity index (χ0) is 14.7. The number of aliphatic hydroxyl groups is 1. The minimum Gasteiger partial charge on any atom is -0.512 e. The molecule has 1 aromatic heterocycles. The van der Waals surface area contributed by atoms with E-state index in [2.05, 4.69) is 0 Å². The highest BCUT2D eigenvalue weighted by molar-refractivity contribution is 8.01. The standard InChI is InChI=1S/C16H16O2S2/c1-10-9-14(15(11(2)17)12(3)18)16(19-10)20-13-7-5-4-6-8-13/h4-9,17H,1-3H3/b15-11+. The Kier molecular flexibility index (Phi) is 4.68. The van der Waals surface area contributed by atoms with Crippen molar-refractivity contribution < 1.29 is 9.90 Å². The Balaban J connectivity index is 2.46. The molecule has 104 valence electrons. The summed E-state index contributed by atoms with van der Waals surface area (Å²) in [6.45, 7) is 5.05. The molecule has 0 radical (unpaired) electrons. The lowest BCUT2D eigenvalue weighted by molar-refractivity contribution is -0.111. The molecule has 0 atom stereocenters. The summed E-state index contributed by atoms with van der Waals surface area (Å²) in [5, 5.41) is 9.79. The summed E-state index contributed by atoms with van der Waals surface area (Å²) in [6.07, 6.45) is 0. The zero-order valence-electron chi connectivity index (χ0n) is 11.6. The Hall–Kier alpha value is -1.52. The average Bonchev–Trinajstić information content (AvgIpc) is 2.70. The topological polar surface area (TPSA) is 37.3 Å². The molecule has 1 aromatic carbocycles. The van der Waals surface area contributed by atoms with Crippen LogP contribution in [0.15, 0.2) is 51.3 Å². The Labute approximate surface area is 127 Å². The number of allylic oxidation sites excluding steroid dienone is 2. The number of rotatable bonds is 4. The quantitative estimate of drug-likeness (QED) is 0.632. The van der Waals surface area contributed by atoms with Crippen LogP contribution < -0.4 is 0 Å². The number of hydrogen-bond acceptors (Lipinski definition) is 4. The smallest absolute Gasteiger partial charge is 0.163 e. The number of aliphatic hydroxyl groups excluding tert-OH is 1. The largest absolute Gasteiger partial charge is 0.512 e. The SMILES string of the molecule is CC(=O)/C(=C(/C)O)c1cc(C)sc1Sc1ccccc1. The lowest BCUT2D eigenvalue weighted by Crippen LogP contribution is -1.99. The van der Waals surface area contributed by atoms with E-state index in [0.717, 1.165) is 19.5 Å². The van der Waals surface area contributed by atoms with Gasteiger partial charge in [-0.15, -0.1) is 11.3 Å². The van der Waals surface area contributed by atoms with Gasteiger partial charge in [-0.3, -0.25) is 4.79 Å². The first kappa shape index (κ1) is 14.9. The molecular formula is C16H16O2S2. The number of benzene rings is 1. The minimum absolute atomic E-state index is 0.0743. The van der Waals surface area contributed by atoms with Crippen molar-refractivity contribution in [2.24, 2.45) is 0 Å². The fourth-order valence-electron chi connectivity index (χ4n) is 1.98. The van der Waals surface area contributed by atoms with Gasteiger partial charge in [-0.25, -0.2) is 0 Å². The van der Waals surface area contributed by atoms with Crippen LogP contribution in [0.3, 0.4) is 0 Å². The van der Waals surface area contributed by atoms with Gasteiger partial charge in [0.05, 0.1) is 9.78 Å². The van der Waals surface area contributed by atoms with E-state index in [9.17, 15) is 9.90 Å². The van der Waals surface area contributed by atoms with E-state index in [1.54, 1.807) is 30.0 Å². The number of thiophene rings is 1. The third kappa shape index (κ3) is 3.32. The maximum absolute atomic E-state index is 11.8. The molecule has 1 heterocycles. The summed E-state index contributed by atoms with van der Waals surface area (Å²) >= 11 is 3.26. The van der Waals surface area contributed by atoms with Crippen LogP contribution in [0.2, 0.25) is 0 Å². The second-order valence-electron chi connectivity index (χ2n) is 4.49. The molecule has 0 aliphatic heterocycles. The second kappa shape index (κ2) is 6.29. The third-order valence-electron chi connectivity index (χ3n) is 2.76. The first-order valence-corrected chi connectivity index (χ1v) is 7.87. The molecule has 1 N–H and O–H groups in total. The minimum atomic E-state index is -0.113. The molecule has 0 spiro atoms. The lowest BCUT2D eigenvalue weighted by atomic mass is 10.0. The van der Waals surface area contributed by atoms with Crippen LogP contribution in [0, 0.1) is 6.92 Å². The van der Waals surface area contributed by atoms with Gasteiger partial charge in [0.25, 0.3) is 0 Å². The summed E-state index contributed by atoms with van der Waals surface area (Å²) in [4.78, 5) is 14.0. The number of ketones is 1. The molecule has 0 saturated heterocycles. The van der Waals surface area contributed by atoms with Crippen molar-refractivity contribution in [3.63, 3.8) is 0 Å². The molecule has 2 nitrogen and oxygen atoms in total. The van der Waals surface area contributed by atoms with Crippen LogP contribution in [0.1, 0.15) is 24.3 Å². The van der Waals surface area contributed by atoms with Crippen LogP contribution in [0.25, 0.3) is 5.57 Å². The summed E-state index contributed by atoms with van der Waals surface area (Å²) < 4.78 is 1.03. The molecule has 0 fully saturated rings. The molecule has 2 rings (SSSR count). The monoisotopic (exact) mass is 304 g/mol. The third-order valence-corrected chi connectivity index (χ3v) is 5.02. The molecule has 0 unspecified atom stereocenters. The van der Waals surface area contributed by atoms with E-state index in [1.807, 2.05) is 43.3 Å². The summed E-state index contributed by atoms with van der Waals surface area (Å²) in [7, 11) is 0. The van der Waals surface area contributed by atoms with E-state index in [1.165, 1.54) is 6.92 Å². The predicted octanol–water partition coefficient (Wildman–Crippen LogP) is 5.09. The summed E-state index contributed by atoms with van der Waals surface area (Å²) in [6, 6.07) is 12.0. The van der Waals surface area contributed by atoms with Gasteiger partial charge in [0.15, 0.2) is 5.78 Å². The Bertz CT molecular complexity index is 650. The van der Waals surface area contributed by atoms with E-state index in [4.69, 9.17) is 0 Å². The van der Waals surface area contributed by atoms with Gasteiger partial charge in [-0.1, -0.05) is 30.0 Å². The van der Waals surface area contributed by atoms with Gasteiger partial charge in [0, 0.05) is 15.3 Å². The van der Waals surface area contributed by atoms with Crippen LogP contribution in [-0.2, 0) is 4.79 Å². The van der Waals surface area contributed by atoms with Crippen LogP contribution in [-0.4, -0.2) is 10.9 Å². The maximum Gasteiger partial charge on any atom is 0.163 e. The number of hydrogen-bond donors (Lipinski definition) is 1. The highest BCUT2D eigenvalue weighted by atomic mass is 32.2. The number of carbonyl (C=O) groups excluding carboxylic acids is 1. The van der Waals surface area contributed by atoms with Gasteiger partial charge in [0.2, 0.25) is 0 Å². The lowest BCUT2D eigenvalue weighted by Gasteiger charge is -2.07. The fourth-order valence-corrected chi connectivity index (χ4v) is 4.35. The molecular weight excluding hydrogens is 288 g/mol. The molecule has 4 heteroatoms. The number of aryl methyl sites for hydroxylation is 1. The van der Waals surface area contributed by atoms with Crippen molar-refractivity contribution in [3.05, 3.63) is 52.6 Å². The highest BCUT2D eigenvalue weighted by Crippen LogP contribution is 2.40. The first-order valence-electron chi connectivity index (χ1n) is 6.23. The van der Waals surface area contributed by atoms with E-state index in [-0.39, 0.29) is 11.5 Å². The fraction of sp³-hybridized carbons (Fsp3) is 0.188. The molecule has 0 aliphatic carbocycles. The normalized spacial score (nSPS) is 12.2. The first-order chi connectivity index (χ1) is 9.49. The van der Waals surface area contributed by atoms with Crippen molar-refractivity contribution in [3.8, 4) is 0 Å². The number of carbonyl (C=O) groups is 1. The highest BCUT2D eigenvalue weighted by Gasteiger charge is 2.18. The van der Waals surface area contributed by atoms with Crippen molar-refractivity contribution in [2.75, 3.05) is 0 Å². The van der Waals surface area contributed by atoms with Crippen molar-refractivity contribution in [1.82, 2.24) is 0 Å². The van der Waals surface area contributed by atoms with Crippen LogP contribution in [0.4, 0.5) is 0 Å². The molecule has 0 saturated carbocycles. The molecule has 2 aromatic rings. The number of Topliss-reactive ketones (excluding diaryl/α,β-unsaturated/α-hetero) is 1. The Morgan fingerprint density at radius 2 is 1.85 bits per heavy atom. The molecule has 20 heavy (non-hydrogen) atoms. The zero-order valence-corrected chi connectivity index (χ0v) is 13.3. The van der Waals surface area contributed by atoms with E-state index in [0.29, 0.717) is 5.57 Å². The van der Waals surface area contributed by atoms with Gasteiger partial charge in [0.1, 0.15) is 5.76 Å². The van der Waals surface area contributed by atoms with Crippen LogP contribution in [0.5, 0.6) is 0 Å². The Morgan fingerprint density at radius 3 is 2.40 bits per heavy atom. The van der Waals surface area contributed by atoms with Crippen LogP contribution >= 0.6 is 23.1 Å². The van der Waals surface area contributed by atoms with Gasteiger partial charge < -0.3 is 5.11 Å². The second-order valence-corrected chi connectivity index (χ2v) is 7.09. The van der Waals surface area contributed by atoms with Gasteiger partial charge in [-0.05, 0) is 39.0 Å². The van der Waals surface area contributed by atoms with Gasteiger partial charge in [-0.2, -0.15) is 0 Å².